The van der Waals surface area contributed by atoms with Gasteiger partial charge in [-0.05, 0) is 24.6 Å². The Balaban J connectivity index is 2.43. The molecule has 0 aliphatic carbocycles. The van der Waals surface area contributed by atoms with Crippen molar-refractivity contribution in [1.82, 2.24) is 5.32 Å². The molecule has 0 unspecified atom stereocenters. The van der Waals surface area contributed by atoms with Crippen LogP contribution in [0.1, 0.15) is 23.2 Å². The molecule has 1 aromatic carbocycles. The first-order valence-electron chi connectivity index (χ1n) is 5.46. The molecule has 1 aromatic rings. The SMILES string of the molecule is CNC(=O)CCCOC(=O)c1cc(N)cc(Br)c1. The van der Waals surface area contributed by atoms with Crippen LogP contribution < -0.4 is 11.1 Å². The van der Waals surface area contributed by atoms with Crippen LogP contribution in [0.3, 0.4) is 0 Å². The highest BCUT2D eigenvalue weighted by atomic mass is 79.9. The van der Waals surface area contributed by atoms with Gasteiger partial charge in [0.05, 0.1) is 12.2 Å². The Bertz CT molecular complexity index is 429. The van der Waals surface area contributed by atoms with Crippen molar-refractivity contribution in [1.29, 1.82) is 0 Å². The lowest BCUT2D eigenvalue weighted by Crippen LogP contribution is -2.18. The summed E-state index contributed by atoms with van der Waals surface area (Å²) in [5.41, 5.74) is 6.50. The monoisotopic (exact) mass is 314 g/mol. The molecule has 0 aliphatic heterocycles. The number of hydrogen-bond acceptors (Lipinski definition) is 4. The van der Waals surface area contributed by atoms with E-state index in [0.717, 1.165) is 4.47 Å². The second-order valence-corrected chi connectivity index (χ2v) is 4.60. The highest BCUT2D eigenvalue weighted by Crippen LogP contribution is 2.18. The molecule has 98 valence electrons. The number of halogens is 1. The number of amides is 1. The maximum atomic E-state index is 11.7. The van der Waals surface area contributed by atoms with Gasteiger partial charge in [-0.25, -0.2) is 4.79 Å². The molecular formula is C12H15BrN2O3. The standard InChI is InChI=1S/C12H15BrN2O3/c1-15-11(16)3-2-4-18-12(17)8-5-9(13)7-10(14)6-8/h5-7H,2-4,14H2,1H3,(H,15,16). The van der Waals surface area contributed by atoms with Crippen LogP contribution in [0.15, 0.2) is 22.7 Å². The molecule has 3 N–H and O–H groups in total. The summed E-state index contributed by atoms with van der Waals surface area (Å²) in [4.78, 5) is 22.6. The smallest absolute Gasteiger partial charge is 0.338 e. The second kappa shape index (κ2) is 7.00. The minimum absolute atomic E-state index is 0.0715. The zero-order valence-corrected chi connectivity index (χ0v) is 11.6. The highest BCUT2D eigenvalue weighted by molar-refractivity contribution is 9.10. The van der Waals surface area contributed by atoms with Crippen LogP contribution in [0.25, 0.3) is 0 Å². The van der Waals surface area contributed by atoms with E-state index in [1.807, 2.05) is 0 Å². The molecule has 0 aromatic heterocycles. The van der Waals surface area contributed by atoms with Crippen LogP contribution in [0, 0.1) is 0 Å². The predicted octanol–water partition coefficient (Wildman–Crippen LogP) is 1.71. The predicted molar refractivity (Wildman–Crippen MR) is 72.1 cm³/mol. The van der Waals surface area contributed by atoms with E-state index in [4.69, 9.17) is 10.5 Å². The average molecular weight is 315 g/mol. The third-order valence-electron chi connectivity index (χ3n) is 2.22. The number of benzene rings is 1. The average Bonchev–Trinajstić information content (AvgIpc) is 2.32. The fraction of sp³-hybridized carbons (Fsp3) is 0.333. The maximum Gasteiger partial charge on any atom is 0.338 e. The van der Waals surface area contributed by atoms with E-state index in [1.54, 1.807) is 25.2 Å². The number of esters is 1. The second-order valence-electron chi connectivity index (χ2n) is 3.69. The molecule has 0 saturated carbocycles. The third kappa shape index (κ3) is 4.75. The van der Waals surface area contributed by atoms with Gasteiger partial charge in [0, 0.05) is 23.6 Å². The van der Waals surface area contributed by atoms with E-state index in [0.29, 0.717) is 24.1 Å². The summed E-state index contributed by atoms with van der Waals surface area (Å²) in [5.74, 6) is -0.516. The summed E-state index contributed by atoms with van der Waals surface area (Å²) in [7, 11) is 1.57. The molecule has 0 saturated heterocycles. The summed E-state index contributed by atoms with van der Waals surface area (Å²) >= 11 is 3.25. The quantitative estimate of drug-likeness (QED) is 0.492. The Hall–Kier alpha value is -1.56. The molecule has 0 atom stereocenters. The van der Waals surface area contributed by atoms with Crippen LogP contribution in [0.2, 0.25) is 0 Å². The van der Waals surface area contributed by atoms with Crippen LogP contribution in [-0.4, -0.2) is 25.5 Å². The summed E-state index contributed by atoms with van der Waals surface area (Å²) in [6, 6.07) is 4.88. The Morgan fingerprint density at radius 2 is 2.11 bits per heavy atom. The summed E-state index contributed by atoms with van der Waals surface area (Å²) in [6.07, 6.45) is 0.833. The van der Waals surface area contributed by atoms with Crippen molar-refractivity contribution in [3.63, 3.8) is 0 Å². The van der Waals surface area contributed by atoms with Crippen LogP contribution in [-0.2, 0) is 9.53 Å². The van der Waals surface area contributed by atoms with Gasteiger partial charge in [-0.1, -0.05) is 15.9 Å². The Kier molecular flexibility index (Phi) is 5.64. The number of rotatable bonds is 5. The minimum Gasteiger partial charge on any atom is -0.462 e. The summed E-state index contributed by atoms with van der Waals surface area (Å²) in [5, 5.41) is 2.50. The normalized spacial score (nSPS) is 9.89. The van der Waals surface area contributed by atoms with Crippen LogP contribution >= 0.6 is 15.9 Å². The first kappa shape index (κ1) is 14.5. The largest absolute Gasteiger partial charge is 0.462 e. The molecule has 0 fully saturated rings. The van der Waals surface area contributed by atoms with E-state index in [-0.39, 0.29) is 12.5 Å². The van der Waals surface area contributed by atoms with Crippen molar-refractivity contribution in [3.8, 4) is 0 Å². The topological polar surface area (TPSA) is 81.4 Å². The Morgan fingerprint density at radius 1 is 1.39 bits per heavy atom. The van der Waals surface area contributed by atoms with E-state index >= 15 is 0 Å². The zero-order valence-electron chi connectivity index (χ0n) is 10.0. The molecule has 0 spiro atoms. The molecule has 0 aliphatic rings. The van der Waals surface area contributed by atoms with E-state index in [1.165, 1.54) is 0 Å². The molecule has 18 heavy (non-hydrogen) atoms. The van der Waals surface area contributed by atoms with Crippen molar-refractivity contribution < 1.29 is 14.3 Å². The third-order valence-corrected chi connectivity index (χ3v) is 2.67. The fourth-order valence-electron chi connectivity index (χ4n) is 1.34. The van der Waals surface area contributed by atoms with Crippen molar-refractivity contribution in [3.05, 3.63) is 28.2 Å². The zero-order chi connectivity index (χ0) is 13.5. The van der Waals surface area contributed by atoms with Gasteiger partial charge in [-0.2, -0.15) is 0 Å². The molecule has 0 radical (unpaired) electrons. The van der Waals surface area contributed by atoms with Crippen LogP contribution in [0.5, 0.6) is 0 Å². The van der Waals surface area contributed by atoms with E-state index in [9.17, 15) is 9.59 Å². The lowest BCUT2D eigenvalue weighted by molar-refractivity contribution is -0.120. The van der Waals surface area contributed by atoms with Gasteiger partial charge in [0.2, 0.25) is 5.91 Å². The Morgan fingerprint density at radius 3 is 2.72 bits per heavy atom. The lowest BCUT2D eigenvalue weighted by Gasteiger charge is -2.06. The number of ether oxygens (including phenoxy) is 1. The van der Waals surface area contributed by atoms with Crippen molar-refractivity contribution in [2.45, 2.75) is 12.8 Å². The maximum absolute atomic E-state index is 11.7. The summed E-state index contributed by atoms with van der Waals surface area (Å²) < 4.78 is 5.76. The number of anilines is 1. The fourth-order valence-corrected chi connectivity index (χ4v) is 1.85. The van der Waals surface area contributed by atoms with Gasteiger partial charge < -0.3 is 15.8 Å². The van der Waals surface area contributed by atoms with Gasteiger partial charge in [-0.3, -0.25) is 4.79 Å². The minimum atomic E-state index is -0.445. The van der Waals surface area contributed by atoms with Crippen molar-refractivity contribution in [2.24, 2.45) is 0 Å². The molecular weight excluding hydrogens is 300 g/mol. The summed E-state index contributed by atoms with van der Waals surface area (Å²) in [6.45, 7) is 0.207. The number of carbonyl (C=O) groups is 2. The molecule has 1 rings (SSSR count). The number of nitrogen functional groups attached to an aromatic ring is 1. The van der Waals surface area contributed by atoms with Crippen LogP contribution in [0.4, 0.5) is 5.69 Å². The molecule has 0 heterocycles. The highest BCUT2D eigenvalue weighted by Gasteiger charge is 2.09. The molecule has 0 bridgehead atoms. The molecule has 6 heteroatoms. The van der Waals surface area contributed by atoms with Gasteiger partial charge >= 0.3 is 5.97 Å². The first-order valence-corrected chi connectivity index (χ1v) is 6.26. The van der Waals surface area contributed by atoms with Crippen molar-refractivity contribution in [2.75, 3.05) is 19.4 Å². The van der Waals surface area contributed by atoms with Gasteiger partial charge in [0.25, 0.3) is 0 Å². The number of carbonyl (C=O) groups excluding carboxylic acids is 2. The number of hydrogen-bond donors (Lipinski definition) is 2. The molecule has 1 amide bonds. The lowest BCUT2D eigenvalue weighted by atomic mass is 10.2. The van der Waals surface area contributed by atoms with Crippen molar-refractivity contribution >= 4 is 33.5 Å². The van der Waals surface area contributed by atoms with E-state index < -0.39 is 5.97 Å². The van der Waals surface area contributed by atoms with Gasteiger partial charge in [-0.15, -0.1) is 0 Å². The number of nitrogens with one attached hydrogen (secondary N) is 1. The van der Waals surface area contributed by atoms with E-state index in [2.05, 4.69) is 21.2 Å². The Labute approximate surface area is 114 Å². The molecule has 5 nitrogen and oxygen atoms in total. The first-order chi connectivity index (χ1) is 8.52. The van der Waals surface area contributed by atoms with Gasteiger partial charge in [0.1, 0.15) is 0 Å². The van der Waals surface area contributed by atoms with Gasteiger partial charge in [0.15, 0.2) is 0 Å². The number of nitrogens with two attached hydrogens (primary N) is 1.